The van der Waals surface area contributed by atoms with Gasteiger partial charge >= 0.3 is 0 Å². The zero-order valence-corrected chi connectivity index (χ0v) is 16.5. The van der Waals surface area contributed by atoms with Crippen LogP contribution in [-0.2, 0) is 6.61 Å². The third-order valence-corrected chi connectivity index (χ3v) is 5.32. The Labute approximate surface area is 162 Å². The molecule has 132 valence electrons. The van der Waals surface area contributed by atoms with Crippen molar-refractivity contribution in [3.8, 4) is 22.9 Å². The monoisotopic (exact) mass is 430 g/mol. The highest BCUT2D eigenvalue weighted by Gasteiger charge is 2.15. The summed E-state index contributed by atoms with van der Waals surface area (Å²) < 4.78 is 13.7. The van der Waals surface area contributed by atoms with E-state index < -0.39 is 0 Å². The molecule has 2 heterocycles. The molecule has 0 saturated heterocycles. The Morgan fingerprint density at radius 1 is 1.12 bits per heavy atom. The van der Waals surface area contributed by atoms with Crippen LogP contribution in [0.2, 0.25) is 0 Å². The second-order valence-electron chi connectivity index (χ2n) is 5.66. The highest BCUT2D eigenvalue weighted by atomic mass is 79.9. The third-order valence-electron chi connectivity index (χ3n) is 3.83. The predicted octanol–water partition coefficient (Wildman–Crippen LogP) is 4.51. The lowest BCUT2D eigenvalue weighted by atomic mass is 10.2. The fourth-order valence-electron chi connectivity index (χ4n) is 2.48. The first-order valence-electron chi connectivity index (χ1n) is 7.88. The third kappa shape index (κ3) is 3.30. The van der Waals surface area contributed by atoms with Gasteiger partial charge in [0.2, 0.25) is 4.96 Å². The number of nitrogens with zero attached hydrogens (tertiary/aromatic N) is 4. The fourth-order valence-corrected chi connectivity index (χ4v) is 3.77. The molecule has 0 aliphatic heterocycles. The summed E-state index contributed by atoms with van der Waals surface area (Å²) in [5, 5.41) is 13.9. The summed E-state index contributed by atoms with van der Waals surface area (Å²) in [6, 6.07) is 13.7. The summed E-state index contributed by atoms with van der Waals surface area (Å²) in [6.45, 7) is 2.44. The van der Waals surface area contributed by atoms with Gasteiger partial charge in [-0.15, -0.1) is 10.2 Å². The molecule has 0 bridgehead atoms. The van der Waals surface area contributed by atoms with E-state index in [0.29, 0.717) is 12.4 Å². The van der Waals surface area contributed by atoms with Gasteiger partial charge in [0, 0.05) is 5.56 Å². The van der Waals surface area contributed by atoms with Crippen LogP contribution in [0.1, 0.15) is 10.6 Å². The molecule has 0 aliphatic rings. The van der Waals surface area contributed by atoms with Gasteiger partial charge in [-0.1, -0.05) is 29.0 Å². The smallest absolute Gasteiger partial charge is 0.235 e. The molecule has 0 aliphatic carbocycles. The molecule has 0 radical (unpaired) electrons. The number of rotatable bonds is 5. The Bertz CT molecular complexity index is 1060. The average molecular weight is 431 g/mol. The molecule has 26 heavy (non-hydrogen) atoms. The van der Waals surface area contributed by atoms with Gasteiger partial charge in [-0.25, -0.2) is 0 Å². The van der Waals surface area contributed by atoms with Gasteiger partial charge in [0.05, 0.1) is 11.6 Å². The van der Waals surface area contributed by atoms with Gasteiger partial charge in [0.15, 0.2) is 10.8 Å². The first kappa shape index (κ1) is 17.0. The molecule has 6 nitrogen and oxygen atoms in total. The number of benzene rings is 2. The largest absolute Gasteiger partial charge is 0.496 e. The van der Waals surface area contributed by atoms with Crippen molar-refractivity contribution in [2.75, 3.05) is 7.11 Å². The minimum Gasteiger partial charge on any atom is -0.496 e. The van der Waals surface area contributed by atoms with E-state index in [1.165, 1.54) is 16.9 Å². The van der Waals surface area contributed by atoms with Crippen molar-refractivity contribution in [3.05, 3.63) is 57.5 Å². The molecule has 0 amide bonds. The minimum atomic E-state index is 0.392. The number of methoxy groups -OCH3 is 1. The van der Waals surface area contributed by atoms with E-state index in [0.717, 1.165) is 31.5 Å². The van der Waals surface area contributed by atoms with Crippen LogP contribution in [0.3, 0.4) is 0 Å². The number of fused-ring (bicyclic) bond motifs is 1. The first-order chi connectivity index (χ1) is 12.6. The fraction of sp³-hybridized carbons (Fsp3) is 0.167. The van der Waals surface area contributed by atoms with Crippen LogP contribution in [0, 0.1) is 6.92 Å². The lowest BCUT2D eigenvalue weighted by Gasteiger charge is -2.04. The second-order valence-corrected chi connectivity index (χ2v) is 7.56. The summed E-state index contributed by atoms with van der Waals surface area (Å²) in [6.07, 6.45) is 0. The Morgan fingerprint density at radius 2 is 1.92 bits per heavy atom. The van der Waals surface area contributed by atoms with Crippen molar-refractivity contribution in [2.24, 2.45) is 0 Å². The molecule has 0 fully saturated rings. The maximum atomic E-state index is 5.80. The van der Waals surface area contributed by atoms with E-state index in [-0.39, 0.29) is 0 Å². The molecule has 4 aromatic rings. The first-order valence-corrected chi connectivity index (χ1v) is 9.49. The topological polar surface area (TPSA) is 61.5 Å². The SMILES string of the molecule is COc1ccc(-c2nnc3sc(COc4ccc(C)cc4)nn23)cc1Br. The zero-order chi connectivity index (χ0) is 18.1. The van der Waals surface area contributed by atoms with E-state index in [9.17, 15) is 0 Å². The summed E-state index contributed by atoms with van der Waals surface area (Å²) in [7, 11) is 1.63. The van der Waals surface area contributed by atoms with E-state index in [4.69, 9.17) is 9.47 Å². The number of hydrogen-bond donors (Lipinski definition) is 0. The van der Waals surface area contributed by atoms with Gasteiger partial charge in [-0.3, -0.25) is 0 Å². The molecular weight excluding hydrogens is 416 g/mol. The standard InChI is InChI=1S/C18H15BrN4O2S/c1-11-3-6-13(7-4-11)25-10-16-22-23-17(20-21-18(23)26-16)12-5-8-15(24-2)14(19)9-12/h3-9H,10H2,1-2H3. The van der Waals surface area contributed by atoms with E-state index in [1.807, 2.05) is 49.4 Å². The molecule has 2 aromatic carbocycles. The molecule has 0 unspecified atom stereocenters. The number of aryl methyl sites for hydroxylation is 1. The minimum absolute atomic E-state index is 0.392. The molecule has 0 spiro atoms. The molecule has 4 rings (SSSR count). The van der Waals surface area contributed by atoms with Gasteiger partial charge in [-0.05, 0) is 53.2 Å². The molecular formula is C18H15BrN4O2S. The van der Waals surface area contributed by atoms with Gasteiger partial charge in [0.25, 0.3) is 0 Å². The van der Waals surface area contributed by atoms with E-state index in [2.05, 4.69) is 31.2 Å². The predicted molar refractivity (Wildman–Crippen MR) is 104 cm³/mol. The summed E-state index contributed by atoms with van der Waals surface area (Å²) >= 11 is 4.96. The number of ether oxygens (including phenoxy) is 2. The Kier molecular flexibility index (Phi) is 4.60. The van der Waals surface area contributed by atoms with Crippen LogP contribution in [0.5, 0.6) is 11.5 Å². The maximum absolute atomic E-state index is 5.80. The zero-order valence-electron chi connectivity index (χ0n) is 14.1. The van der Waals surface area contributed by atoms with Crippen molar-refractivity contribution in [2.45, 2.75) is 13.5 Å². The van der Waals surface area contributed by atoms with Crippen molar-refractivity contribution in [1.82, 2.24) is 19.8 Å². The van der Waals surface area contributed by atoms with Crippen molar-refractivity contribution in [1.29, 1.82) is 0 Å². The van der Waals surface area contributed by atoms with Crippen LogP contribution >= 0.6 is 27.3 Å². The van der Waals surface area contributed by atoms with Gasteiger partial charge < -0.3 is 9.47 Å². The summed E-state index contributed by atoms with van der Waals surface area (Å²) in [5.74, 6) is 2.27. The van der Waals surface area contributed by atoms with Crippen molar-refractivity contribution < 1.29 is 9.47 Å². The molecule has 8 heteroatoms. The number of aromatic nitrogens is 4. The summed E-state index contributed by atoms with van der Waals surface area (Å²) in [4.78, 5) is 0.731. The number of hydrogen-bond acceptors (Lipinski definition) is 6. The Morgan fingerprint density at radius 3 is 2.65 bits per heavy atom. The normalized spacial score (nSPS) is 11.0. The molecule has 2 aromatic heterocycles. The van der Waals surface area contributed by atoms with Crippen molar-refractivity contribution >= 4 is 32.2 Å². The van der Waals surface area contributed by atoms with Crippen molar-refractivity contribution in [3.63, 3.8) is 0 Å². The van der Waals surface area contributed by atoms with Crippen LogP contribution in [0.25, 0.3) is 16.3 Å². The van der Waals surface area contributed by atoms with Crippen LogP contribution in [0.4, 0.5) is 0 Å². The molecule has 0 saturated carbocycles. The van der Waals surface area contributed by atoms with Gasteiger partial charge in [-0.2, -0.15) is 9.61 Å². The Balaban J connectivity index is 1.58. The quantitative estimate of drug-likeness (QED) is 0.465. The van der Waals surface area contributed by atoms with E-state index in [1.54, 1.807) is 11.6 Å². The maximum Gasteiger partial charge on any atom is 0.235 e. The van der Waals surface area contributed by atoms with E-state index >= 15 is 0 Å². The highest BCUT2D eigenvalue weighted by molar-refractivity contribution is 9.10. The Hall–Kier alpha value is -2.45. The second kappa shape index (κ2) is 7.05. The summed E-state index contributed by atoms with van der Waals surface area (Å²) in [5.41, 5.74) is 2.10. The molecule has 0 N–H and O–H groups in total. The lowest BCUT2D eigenvalue weighted by molar-refractivity contribution is 0.304. The van der Waals surface area contributed by atoms with Crippen LogP contribution in [-0.4, -0.2) is 26.9 Å². The molecule has 0 atom stereocenters. The number of halogens is 1. The van der Waals surface area contributed by atoms with Crippen LogP contribution in [0.15, 0.2) is 46.9 Å². The lowest BCUT2D eigenvalue weighted by Crippen LogP contribution is -1.97. The average Bonchev–Trinajstić information content (AvgIpc) is 3.21. The van der Waals surface area contributed by atoms with Gasteiger partial charge in [0.1, 0.15) is 18.1 Å². The highest BCUT2D eigenvalue weighted by Crippen LogP contribution is 2.30. The van der Waals surface area contributed by atoms with Crippen LogP contribution < -0.4 is 9.47 Å².